The van der Waals surface area contributed by atoms with E-state index >= 15 is 0 Å². The molecule has 0 saturated carbocycles. The van der Waals surface area contributed by atoms with Crippen molar-refractivity contribution < 1.29 is 17.9 Å². The van der Waals surface area contributed by atoms with E-state index in [-0.39, 0.29) is 12.0 Å². The second kappa shape index (κ2) is 5.33. The summed E-state index contributed by atoms with van der Waals surface area (Å²) in [7, 11) is -3.20. The van der Waals surface area contributed by atoms with Gasteiger partial charge in [-0.3, -0.25) is 0 Å². The van der Waals surface area contributed by atoms with Crippen LogP contribution in [0.4, 0.5) is 4.79 Å². The molecule has 1 saturated heterocycles. The van der Waals surface area contributed by atoms with E-state index in [9.17, 15) is 13.2 Å². The molecule has 6 heteroatoms. The first kappa shape index (κ1) is 15.8. The van der Waals surface area contributed by atoms with Crippen LogP contribution >= 0.6 is 0 Å². The number of rotatable bonds is 2. The summed E-state index contributed by atoms with van der Waals surface area (Å²) in [6.45, 7) is 6.61. The number of nitrogens with zero attached hydrogens (tertiary/aromatic N) is 1. The van der Waals surface area contributed by atoms with Gasteiger partial charge in [-0.05, 0) is 38.5 Å². The summed E-state index contributed by atoms with van der Waals surface area (Å²) in [6.07, 6.45) is 0.873. The van der Waals surface area contributed by atoms with E-state index in [1.165, 1.54) is 6.26 Å². The largest absolute Gasteiger partial charge is 0.444 e. The number of likely N-dealkylation sites (tertiary alicyclic amines) is 1. The van der Waals surface area contributed by atoms with E-state index in [2.05, 4.69) is 0 Å². The smallest absolute Gasteiger partial charge is 0.410 e. The molecule has 1 fully saturated rings. The number of carbonyl (C=O) groups excluding carboxylic acids is 1. The monoisotopic (exact) mass is 311 g/mol. The molecule has 0 atom stereocenters. The Balaban J connectivity index is 2.01. The zero-order valence-corrected chi connectivity index (χ0v) is 13.6. The van der Waals surface area contributed by atoms with E-state index in [0.29, 0.717) is 18.0 Å². The Kier molecular flexibility index (Phi) is 4.02. The van der Waals surface area contributed by atoms with Crippen molar-refractivity contribution >= 4 is 15.9 Å². The van der Waals surface area contributed by atoms with Gasteiger partial charge in [0.25, 0.3) is 0 Å². The van der Waals surface area contributed by atoms with E-state index in [1.807, 2.05) is 26.8 Å². The van der Waals surface area contributed by atoms with Crippen molar-refractivity contribution in [3.63, 3.8) is 0 Å². The van der Waals surface area contributed by atoms with Crippen LogP contribution in [0.25, 0.3) is 0 Å². The van der Waals surface area contributed by atoms with Crippen LogP contribution in [0.15, 0.2) is 29.2 Å². The molecule has 2 rings (SSSR count). The fourth-order valence-electron chi connectivity index (χ4n) is 2.16. The highest BCUT2D eigenvalue weighted by atomic mass is 32.2. The molecule has 0 spiro atoms. The van der Waals surface area contributed by atoms with Gasteiger partial charge in [-0.2, -0.15) is 0 Å². The zero-order valence-electron chi connectivity index (χ0n) is 12.8. The van der Waals surface area contributed by atoms with Crippen LogP contribution in [-0.2, 0) is 14.6 Å². The van der Waals surface area contributed by atoms with E-state index < -0.39 is 15.4 Å². The Morgan fingerprint density at radius 1 is 1.29 bits per heavy atom. The van der Waals surface area contributed by atoms with E-state index in [0.717, 1.165) is 5.56 Å². The first-order valence-electron chi connectivity index (χ1n) is 6.84. The fourth-order valence-corrected chi connectivity index (χ4v) is 2.84. The van der Waals surface area contributed by atoms with E-state index in [4.69, 9.17) is 4.74 Å². The summed E-state index contributed by atoms with van der Waals surface area (Å²) in [4.78, 5) is 13.8. The molecule has 1 aromatic rings. The highest BCUT2D eigenvalue weighted by Crippen LogP contribution is 2.29. The molecular formula is C15H21NO4S. The van der Waals surface area contributed by atoms with E-state index in [1.54, 1.807) is 23.1 Å². The van der Waals surface area contributed by atoms with Gasteiger partial charge in [-0.15, -0.1) is 0 Å². The van der Waals surface area contributed by atoms with Gasteiger partial charge in [-0.1, -0.05) is 12.1 Å². The summed E-state index contributed by atoms with van der Waals surface area (Å²) in [5, 5.41) is 0. The van der Waals surface area contributed by atoms with Crippen molar-refractivity contribution in [3.05, 3.63) is 29.8 Å². The molecule has 0 radical (unpaired) electrons. The number of amides is 1. The molecule has 0 aromatic heterocycles. The lowest BCUT2D eigenvalue weighted by Gasteiger charge is -2.40. The number of ether oxygens (including phenoxy) is 1. The number of hydrogen-bond acceptors (Lipinski definition) is 4. The van der Waals surface area contributed by atoms with Crippen molar-refractivity contribution in [3.8, 4) is 0 Å². The Hall–Kier alpha value is -1.56. The van der Waals surface area contributed by atoms with Crippen LogP contribution in [0, 0.1) is 0 Å². The number of hydrogen-bond donors (Lipinski definition) is 0. The molecule has 0 unspecified atom stereocenters. The number of sulfone groups is 1. The summed E-state index contributed by atoms with van der Waals surface area (Å²) < 4.78 is 28.4. The molecule has 0 bridgehead atoms. The molecule has 1 amide bonds. The van der Waals surface area contributed by atoms with Crippen molar-refractivity contribution in [1.29, 1.82) is 0 Å². The first-order chi connectivity index (χ1) is 9.56. The Morgan fingerprint density at radius 3 is 2.43 bits per heavy atom. The quantitative estimate of drug-likeness (QED) is 0.841. The third-order valence-corrected chi connectivity index (χ3v) is 4.40. The third-order valence-electron chi connectivity index (χ3n) is 3.29. The lowest BCUT2D eigenvalue weighted by molar-refractivity contribution is 0.00817. The fraction of sp³-hybridized carbons (Fsp3) is 0.533. The van der Waals surface area contributed by atoms with Gasteiger partial charge in [0, 0.05) is 25.3 Å². The Morgan fingerprint density at radius 2 is 1.90 bits per heavy atom. The van der Waals surface area contributed by atoms with Crippen LogP contribution in [0.2, 0.25) is 0 Å². The summed E-state index contributed by atoms with van der Waals surface area (Å²) in [5.74, 6) is 0.166. The molecule has 5 nitrogen and oxygen atoms in total. The Labute approximate surface area is 125 Å². The zero-order chi connectivity index (χ0) is 15.8. The molecule has 116 valence electrons. The average Bonchev–Trinajstić information content (AvgIpc) is 2.23. The number of carbonyl (C=O) groups is 1. The van der Waals surface area contributed by atoms with Gasteiger partial charge in [0.05, 0.1) is 4.90 Å². The standard InChI is InChI=1S/C15H21NO4S/c1-15(2,3)20-14(17)16-9-12(10-16)11-6-5-7-13(8-11)21(4,18)19/h5-8,12H,9-10H2,1-4H3. The molecule has 0 aliphatic carbocycles. The molecule has 1 aliphatic rings. The highest BCUT2D eigenvalue weighted by Gasteiger charge is 2.34. The lowest BCUT2D eigenvalue weighted by Crippen LogP contribution is -2.50. The minimum Gasteiger partial charge on any atom is -0.444 e. The second-order valence-corrected chi connectivity index (χ2v) is 8.44. The van der Waals surface area contributed by atoms with Gasteiger partial charge < -0.3 is 9.64 Å². The van der Waals surface area contributed by atoms with Crippen molar-refractivity contribution in [1.82, 2.24) is 4.90 Å². The van der Waals surface area contributed by atoms with Crippen molar-refractivity contribution in [2.75, 3.05) is 19.3 Å². The number of benzene rings is 1. The van der Waals surface area contributed by atoms with Gasteiger partial charge >= 0.3 is 6.09 Å². The van der Waals surface area contributed by atoms with Gasteiger partial charge in [-0.25, -0.2) is 13.2 Å². The predicted molar refractivity (Wildman–Crippen MR) is 80.1 cm³/mol. The third kappa shape index (κ3) is 3.97. The summed E-state index contributed by atoms with van der Waals surface area (Å²) >= 11 is 0. The van der Waals surface area contributed by atoms with Crippen LogP contribution in [0.3, 0.4) is 0 Å². The van der Waals surface area contributed by atoms with Gasteiger partial charge in [0.1, 0.15) is 5.60 Å². The molecule has 21 heavy (non-hydrogen) atoms. The Bertz CT molecular complexity index is 640. The highest BCUT2D eigenvalue weighted by molar-refractivity contribution is 7.90. The van der Waals surface area contributed by atoms with Crippen LogP contribution in [-0.4, -0.2) is 44.4 Å². The molecule has 1 heterocycles. The van der Waals surface area contributed by atoms with Crippen LogP contribution in [0.1, 0.15) is 32.3 Å². The van der Waals surface area contributed by atoms with Crippen LogP contribution < -0.4 is 0 Å². The second-order valence-electron chi connectivity index (χ2n) is 6.43. The van der Waals surface area contributed by atoms with Gasteiger partial charge in [0.15, 0.2) is 9.84 Å². The average molecular weight is 311 g/mol. The lowest BCUT2D eigenvalue weighted by atomic mass is 9.92. The first-order valence-corrected chi connectivity index (χ1v) is 8.73. The molecule has 1 aliphatic heterocycles. The van der Waals surface area contributed by atoms with Crippen molar-refractivity contribution in [2.45, 2.75) is 37.2 Å². The van der Waals surface area contributed by atoms with Crippen molar-refractivity contribution in [2.24, 2.45) is 0 Å². The maximum absolute atomic E-state index is 11.9. The maximum Gasteiger partial charge on any atom is 0.410 e. The minimum absolute atomic E-state index is 0.166. The topological polar surface area (TPSA) is 63.7 Å². The normalized spacial score (nSPS) is 16.5. The summed E-state index contributed by atoms with van der Waals surface area (Å²) in [5.41, 5.74) is 0.441. The SMILES string of the molecule is CC(C)(C)OC(=O)N1CC(c2cccc(S(C)(=O)=O)c2)C1. The molecule has 1 aromatic carbocycles. The molecule has 0 N–H and O–H groups in total. The summed E-state index contributed by atoms with van der Waals surface area (Å²) in [6, 6.07) is 6.91. The maximum atomic E-state index is 11.9. The van der Waals surface area contributed by atoms with Gasteiger partial charge in [0.2, 0.25) is 0 Å². The molecular weight excluding hydrogens is 290 g/mol. The minimum atomic E-state index is -3.20. The van der Waals surface area contributed by atoms with Crippen LogP contribution in [0.5, 0.6) is 0 Å². The predicted octanol–water partition coefficient (Wildman–Crippen LogP) is 2.42.